The Morgan fingerprint density at radius 1 is 1.52 bits per heavy atom. The van der Waals surface area contributed by atoms with Gasteiger partial charge in [-0.2, -0.15) is 0 Å². The monoisotopic (exact) mass is 303 g/mol. The highest BCUT2D eigenvalue weighted by atomic mass is 32.1. The van der Waals surface area contributed by atoms with Crippen molar-refractivity contribution in [2.24, 2.45) is 0 Å². The summed E-state index contributed by atoms with van der Waals surface area (Å²) < 4.78 is 5.16. The zero-order valence-corrected chi connectivity index (χ0v) is 12.7. The van der Waals surface area contributed by atoms with Crippen molar-refractivity contribution in [2.75, 3.05) is 11.9 Å². The normalized spacial score (nSPS) is 17.1. The summed E-state index contributed by atoms with van der Waals surface area (Å²) >= 11 is 1.60. The van der Waals surface area contributed by atoms with Crippen LogP contribution in [-0.2, 0) is 16.0 Å². The molecule has 0 saturated heterocycles. The van der Waals surface area contributed by atoms with Crippen LogP contribution >= 0.6 is 11.3 Å². The van der Waals surface area contributed by atoms with E-state index in [0.29, 0.717) is 6.61 Å². The number of nitrogens with zero attached hydrogens (tertiary/aromatic N) is 2. The Hall–Kier alpha value is -1.95. The number of thiazole rings is 1. The fraction of sp³-hybridized carbons (Fsp3) is 0.400. The van der Waals surface area contributed by atoms with E-state index in [1.54, 1.807) is 17.5 Å². The molecule has 1 atom stereocenters. The molecule has 0 spiro atoms. The highest BCUT2D eigenvalue weighted by molar-refractivity contribution is 7.15. The summed E-state index contributed by atoms with van der Waals surface area (Å²) in [6, 6.07) is 5.68. The van der Waals surface area contributed by atoms with E-state index in [-0.39, 0.29) is 11.9 Å². The summed E-state index contributed by atoms with van der Waals surface area (Å²) in [7, 11) is 0. The number of esters is 1. The van der Waals surface area contributed by atoms with E-state index in [1.165, 1.54) is 4.88 Å². The van der Waals surface area contributed by atoms with Gasteiger partial charge in [0.15, 0.2) is 5.13 Å². The lowest BCUT2D eigenvalue weighted by molar-refractivity contribution is -0.145. The van der Waals surface area contributed by atoms with Gasteiger partial charge in [-0.25, -0.2) is 9.97 Å². The molecule has 3 rings (SSSR count). The Labute approximate surface area is 127 Å². The number of pyridine rings is 1. The first-order valence-electron chi connectivity index (χ1n) is 7.12. The van der Waals surface area contributed by atoms with Gasteiger partial charge in [-0.1, -0.05) is 6.07 Å². The molecule has 2 heterocycles. The molecule has 110 valence electrons. The molecule has 6 heteroatoms. The van der Waals surface area contributed by atoms with Crippen LogP contribution in [0.15, 0.2) is 24.4 Å². The molecule has 0 saturated carbocycles. The SMILES string of the molecule is CCOC(=O)[C@H]1CCCc2sc(Nc3ccccn3)nc21. The summed E-state index contributed by atoms with van der Waals surface area (Å²) in [5.41, 5.74) is 0.878. The van der Waals surface area contributed by atoms with E-state index in [1.807, 2.05) is 25.1 Å². The largest absolute Gasteiger partial charge is 0.465 e. The van der Waals surface area contributed by atoms with Gasteiger partial charge >= 0.3 is 5.97 Å². The molecule has 21 heavy (non-hydrogen) atoms. The van der Waals surface area contributed by atoms with E-state index in [0.717, 1.165) is 35.9 Å². The first kappa shape index (κ1) is 14.0. The number of rotatable bonds is 4. The zero-order valence-electron chi connectivity index (χ0n) is 11.8. The second-order valence-corrected chi connectivity index (χ2v) is 5.95. The number of fused-ring (bicyclic) bond motifs is 1. The topological polar surface area (TPSA) is 64.1 Å². The van der Waals surface area contributed by atoms with E-state index in [9.17, 15) is 4.79 Å². The highest BCUT2D eigenvalue weighted by Gasteiger charge is 2.31. The molecule has 5 nitrogen and oxygen atoms in total. The van der Waals surface area contributed by atoms with Crippen LogP contribution < -0.4 is 5.32 Å². The number of aryl methyl sites for hydroxylation is 1. The highest BCUT2D eigenvalue weighted by Crippen LogP contribution is 2.37. The number of hydrogen-bond donors (Lipinski definition) is 1. The second kappa shape index (κ2) is 6.22. The van der Waals surface area contributed by atoms with Gasteiger partial charge in [-0.15, -0.1) is 11.3 Å². The van der Waals surface area contributed by atoms with Gasteiger partial charge in [-0.3, -0.25) is 4.79 Å². The molecule has 2 aromatic rings. The minimum Gasteiger partial charge on any atom is -0.465 e. The third-order valence-electron chi connectivity index (χ3n) is 3.43. The fourth-order valence-corrected chi connectivity index (χ4v) is 3.56. The zero-order chi connectivity index (χ0) is 14.7. The summed E-state index contributed by atoms with van der Waals surface area (Å²) in [5, 5.41) is 3.98. The number of hydrogen-bond acceptors (Lipinski definition) is 6. The number of nitrogens with one attached hydrogen (secondary N) is 1. The minimum absolute atomic E-state index is 0.159. The maximum atomic E-state index is 12.0. The van der Waals surface area contributed by atoms with Gasteiger partial charge in [0.05, 0.1) is 12.3 Å². The lowest BCUT2D eigenvalue weighted by atomic mass is 9.91. The summed E-state index contributed by atoms with van der Waals surface area (Å²) in [6.07, 6.45) is 4.53. The second-order valence-electron chi connectivity index (χ2n) is 4.86. The molecule has 0 unspecified atom stereocenters. The Morgan fingerprint density at radius 3 is 3.19 bits per heavy atom. The quantitative estimate of drug-likeness (QED) is 0.878. The Morgan fingerprint density at radius 2 is 2.43 bits per heavy atom. The molecule has 1 aliphatic rings. The van der Waals surface area contributed by atoms with Crippen molar-refractivity contribution < 1.29 is 9.53 Å². The van der Waals surface area contributed by atoms with Crippen LogP contribution in [0.2, 0.25) is 0 Å². The Bertz CT molecular complexity index is 627. The number of aromatic nitrogens is 2. The van der Waals surface area contributed by atoms with Crippen molar-refractivity contribution in [3.8, 4) is 0 Å². The van der Waals surface area contributed by atoms with E-state index >= 15 is 0 Å². The maximum absolute atomic E-state index is 12.0. The van der Waals surface area contributed by atoms with Crippen molar-refractivity contribution >= 4 is 28.3 Å². The van der Waals surface area contributed by atoms with Crippen LogP contribution in [0.4, 0.5) is 10.9 Å². The summed E-state index contributed by atoms with van der Waals surface area (Å²) in [6.45, 7) is 2.24. The van der Waals surface area contributed by atoms with E-state index in [4.69, 9.17) is 4.74 Å². The smallest absolute Gasteiger partial charge is 0.315 e. The number of anilines is 2. The third kappa shape index (κ3) is 3.05. The van der Waals surface area contributed by atoms with E-state index < -0.39 is 0 Å². The molecule has 0 amide bonds. The van der Waals surface area contributed by atoms with Crippen LogP contribution in [0.25, 0.3) is 0 Å². The molecule has 1 aliphatic carbocycles. The molecule has 1 N–H and O–H groups in total. The van der Waals surface area contributed by atoms with Gasteiger partial charge in [0.1, 0.15) is 11.7 Å². The van der Waals surface area contributed by atoms with Gasteiger partial charge in [0.2, 0.25) is 0 Å². The van der Waals surface area contributed by atoms with Crippen molar-refractivity contribution in [2.45, 2.75) is 32.1 Å². The molecule has 2 aromatic heterocycles. The van der Waals surface area contributed by atoms with Crippen LogP contribution in [0.3, 0.4) is 0 Å². The molecule has 0 bridgehead atoms. The molecular formula is C15H17N3O2S. The fourth-order valence-electron chi connectivity index (χ4n) is 2.49. The summed E-state index contributed by atoms with van der Waals surface area (Å²) in [5.74, 6) is 0.383. The van der Waals surface area contributed by atoms with Crippen molar-refractivity contribution in [1.29, 1.82) is 0 Å². The van der Waals surface area contributed by atoms with Crippen molar-refractivity contribution in [3.05, 3.63) is 35.0 Å². The molecule has 0 fully saturated rings. The van der Waals surface area contributed by atoms with Crippen molar-refractivity contribution in [1.82, 2.24) is 9.97 Å². The van der Waals surface area contributed by atoms with Crippen molar-refractivity contribution in [3.63, 3.8) is 0 Å². The van der Waals surface area contributed by atoms with Gasteiger partial charge < -0.3 is 10.1 Å². The van der Waals surface area contributed by atoms with Gasteiger partial charge in [0, 0.05) is 11.1 Å². The lowest BCUT2D eigenvalue weighted by Gasteiger charge is -2.19. The first-order chi connectivity index (χ1) is 10.3. The number of ether oxygens (including phenoxy) is 1. The average molecular weight is 303 g/mol. The maximum Gasteiger partial charge on any atom is 0.315 e. The third-order valence-corrected chi connectivity index (χ3v) is 4.47. The number of carbonyl (C=O) groups is 1. The van der Waals surface area contributed by atoms with Crippen LogP contribution in [0.1, 0.15) is 36.3 Å². The standard InChI is InChI=1S/C15H17N3O2S/c1-2-20-14(19)10-6-5-7-11-13(10)18-15(21-11)17-12-8-3-4-9-16-12/h3-4,8-10H,2,5-7H2,1H3,(H,16,17,18)/t10-/m0/s1. The predicted molar refractivity (Wildman–Crippen MR) is 81.9 cm³/mol. The molecule has 0 aromatic carbocycles. The first-order valence-corrected chi connectivity index (χ1v) is 7.94. The van der Waals surface area contributed by atoms with Crippen LogP contribution in [0, 0.1) is 0 Å². The molecule has 0 radical (unpaired) electrons. The number of carbonyl (C=O) groups excluding carboxylic acids is 1. The predicted octanol–water partition coefficient (Wildman–Crippen LogP) is 3.26. The Balaban J connectivity index is 1.82. The Kier molecular flexibility index (Phi) is 4.15. The lowest BCUT2D eigenvalue weighted by Crippen LogP contribution is -2.20. The molecular weight excluding hydrogens is 286 g/mol. The van der Waals surface area contributed by atoms with Gasteiger partial charge in [0.25, 0.3) is 0 Å². The van der Waals surface area contributed by atoms with Gasteiger partial charge in [-0.05, 0) is 38.3 Å². The average Bonchev–Trinajstić information content (AvgIpc) is 2.90. The minimum atomic E-state index is -0.218. The summed E-state index contributed by atoms with van der Waals surface area (Å²) in [4.78, 5) is 22.0. The van der Waals surface area contributed by atoms with Crippen LogP contribution in [0.5, 0.6) is 0 Å². The molecule has 0 aliphatic heterocycles. The van der Waals surface area contributed by atoms with E-state index in [2.05, 4.69) is 15.3 Å². The van der Waals surface area contributed by atoms with Crippen LogP contribution in [-0.4, -0.2) is 22.5 Å².